The summed E-state index contributed by atoms with van der Waals surface area (Å²) in [6, 6.07) is 6.73. The summed E-state index contributed by atoms with van der Waals surface area (Å²) in [5.74, 6) is -0.132. The molecule has 3 nitrogen and oxygen atoms in total. The summed E-state index contributed by atoms with van der Waals surface area (Å²) in [6.45, 7) is 1.98. The van der Waals surface area contributed by atoms with Crippen LogP contribution in [0.4, 0.5) is 0 Å². The molecule has 0 spiro atoms. The number of pyridine rings is 1. The van der Waals surface area contributed by atoms with Crippen molar-refractivity contribution in [1.29, 1.82) is 0 Å². The van der Waals surface area contributed by atoms with Gasteiger partial charge in [0.05, 0.1) is 11.4 Å². The van der Waals surface area contributed by atoms with E-state index in [4.69, 9.17) is 11.6 Å². The second-order valence-corrected chi connectivity index (χ2v) is 4.10. The molecule has 1 aromatic carbocycles. The van der Waals surface area contributed by atoms with E-state index < -0.39 is 0 Å². The van der Waals surface area contributed by atoms with Crippen molar-refractivity contribution in [3.05, 3.63) is 45.7 Å². The first-order valence-corrected chi connectivity index (χ1v) is 5.94. The number of nitrogens with one attached hydrogen (secondary N) is 1. The number of aromatic amines is 1. The molecule has 0 amide bonds. The molecule has 0 saturated heterocycles. The predicted molar refractivity (Wildman–Crippen MR) is 69.0 cm³/mol. The summed E-state index contributed by atoms with van der Waals surface area (Å²) in [5, 5.41) is 0.859. The molecule has 0 fully saturated rings. The van der Waals surface area contributed by atoms with Crippen molar-refractivity contribution in [2.75, 3.05) is 5.88 Å². The number of alkyl halides is 1. The van der Waals surface area contributed by atoms with Crippen LogP contribution in [0.25, 0.3) is 10.9 Å². The van der Waals surface area contributed by atoms with Gasteiger partial charge in [-0.3, -0.25) is 9.59 Å². The van der Waals surface area contributed by atoms with E-state index in [1.165, 1.54) is 6.07 Å². The number of Topliss-reactive ketones (excluding diaryl/α,β-unsaturated/α-hetero) is 1. The zero-order chi connectivity index (χ0) is 12.4. The van der Waals surface area contributed by atoms with Crippen molar-refractivity contribution in [2.24, 2.45) is 0 Å². The molecule has 4 heteroatoms. The van der Waals surface area contributed by atoms with Gasteiger partial charge in [0, 0.05) is 11.6 Å². The third kappa shape index (κ3) is 2.24. The number of fused-ring (bicyclic) bond motifs is 1. The normalized spacial score (nSPS) is 10.7. The molecule has 88 valence electrons. The van der Waals surface area contributed by atoms with Crippen LogP contribution < -0.4 is 5.56 Å². The van der Waals surface area contributed by atoms with Gasteiger partial charge in [0.25, 0.3) is 0 Å². The number of halogens is 1. The van der Waals surface area contributed by atoms with Gasteiger partial charge in [0.1, 0.15) is 0 Å². The first kappa shape index (κ1) is 11.9. The van der Waals surface area contributed by atoms with Crippen molar-refractivity contribution < 1.29 is 4.79 Å². The van der Waals surface area contributed by atoms with Gasteiger partial charge < -0.3 is 4.98 Å². The summed E-state index contributed by atoms with van der Waals surface area (Å²) in [7, 11) is 0. The molecule has 0 unspecified atom stereocenters. The van der Waals surface area contributed by atoms with Gasteiger partial charge in [-0.25, -0.2) is 0 Å². The van der Waals surface area contributed by atoms with Crippen LogP contribution in [0.1, 0.15) is 22.8 Å². The van der Waals surface area contributed by atoms with Crippen LogP contribution in [0.15, 0.2) is 29.1 Å². The van der Waals surface area contributed by atoms with Gasteiger partial charge in [-0.05, 0) is 35.6 Å². The highest BCUT2D eigenvalue weighted by Crippen LogP contribution is 2.19. The molecule has 0 saturated carbocycles. The van der Waals surface area contributed by atoms with Crippen molar-refractivity contribution in [1.82, 2.24) is 4.98 Å². The van der Waals surface area contributed by atoms with Crippen LogP contribution in [-0.4, -0.2) is 16.6 Å². The van der Waals surface area contributed by atoms with E-state index in [-0.39, 0.29) is 17.2 Å². The van der Waals surface area contributed by atoms with Crippen LogP contribution in [0, 0.1) is 0 Å². The second-order valence-electron chi connectivity index (χ2n) is 3.83. The number of hydrogen-bond donors (Lipinski definition) is 1. The third-order valence-electron chi connectivity index (χ3n) is 2.74. The topological polar surface area (TPSA) is 49.9 Å². The van der Waals surface area contributed by atoms with E-state index in [1.807, 2.05) is 6.92 Å². The molecule has 0 radical (unpaired) electrons. The Balaban J connectivity index is 2.74. The summed E-state index contributed by atoms with van der Waals surface area (Å²) < 4.78 is 0. The Labute approximate surface area is 103 Å². The predicted octanol–water partition coefficient (Wildman–Crippen LogP) is 2.51. The van der Waals surface area contributed by atoms with Gasteiger partial charge in [-0.2, -0.15) is 0 Å². The number of aryl methyl sites for hydroxylation is 1. The fraction of sp³-hybridized carbons (Fsp3) is 0.231. The number of carbonyl (C=O) groups is 1. The first-order valence-electron chi connectivity index (χ1n) is 5.41. The number of benzene rings is 1. The molecule has 1 heterocycles. The number of aromatic nitrogens is 1. The molecule has 2 rings (SSSR count). The van der Waals surface area contributed by atoms with Crippen molar-refractivity contribution >= 4 is 28.3 Å². The SMILES string of the molecule is CCc1cc(C(=O)CCl)cc2ccc(=O)[nH]c12. The Morgan fingerprint density at radius 1 is 1.35 bits per heavy atom. The van der Waals surface area contributed by atoms with Gasteiger partial charge in [-0.1, -0.05) is 6.92 Å². The van der Waals surface area contributed by atoms with Gasteiger partial charge in [-0.15, -0.1) is 11.6 Å². The van der Waals surface area contributed by atoms with Crippen molar-refractivity contribution in [3.63, 3.8) is 0 Å². The van der Waals surface area contributed by atoms with Gasteiger partial charge in [0.2, 0.25) is 5.56 Å². The van der Waals surface area contributed by atoms with Gasteiger partial charge >= 0.3 is 0 Å². The molecule has 0 aliphatic heterocycles. The van der Waals surface area contributed by atoms with E-state index in [1.54, 1.807) is 18.2 Å². The fourth-order valence-corrected chi connectivity index (χ4v) is 2.01. The van der Waals surface area contributed by atoms with Crippen LogP contribution in [0.2, 0.25) is 0 Å². The lowest BCUT2D eigenvalue weighted by molar-refractivity contribution is 0.102. The quantitative estimate of drug-likeness (QED) is 0.671. The smallest absolute Gasteiger partial charge is 0.248 e. The van der Waals surface area contributed by atoms with E-state index >= 15 is 0 Å². The standard InChI is InChI=1S/C13H12ClNO2/c1-2-8-5-10(11(16)7-14)6-9-3-4-12(17)15-13(8)9/h3-6H,2,7H2,1H3,(H,15,17). The highest BCUT2D eigenvalue weighted by Gasteiger charge is 2.09. The average molecular weight is 250 g/mol. The van der Waals surface area contributed by atoms with E-state index in [0.717, 1.165) is 22.9 Å². The monoisotopic (exact) mass is 249 g/mol. The lowest BCUT2D eigenvalue weighted by atomic mass is 10.0. The Morgan fingerprint density at radius 3 is 2.76 bits per heavy atom. The molecule has 2 aromatic rings. The van der Waals surface area contributed by atoms with Crippen LogP contribution in [0.5, 0.6) is 0 Å². The van der Waals surface area contributed by atoms with Gasteiger partial charge in [0.15, 0.2) is 5.78 Å². The summed E-state index contributed by atoms with van der Waals surface area (Å²) >= 11 is 5.55. The zero-order valence-corrected chi connectivity index (χ0v) is 10.2. The minimum Gasteiger partial charge on any atom is -0.322 e. The fourth-order valence-electron chi connectivity index (χ4n) is 1.86. The highest BCUT2D eigenvalue weighted by molar-refractivity contribution is 6.30. The minimum atomic E-state index is -0.136. The Hall–Kier alpha value is -1.61. The Bertz CT molecular complexity index is 631. The summed E-state index contributed by atoms with van der Waals surface area (Å²) in [5.41, 5.74) is 2.21. The summed E-state index contributed by atoms with van der Waals surface area (Å²) in [6.07, 6.45) is 0.750. The third-order valence-corrected chi connectivity index (χ3v) is 2.98. The van der Waals surface area contributed by atoms with Crippen molar-refractivity contribution in [3.8, 4) is 0 Å². The lowest BCUT2D eigenvalue weighted by Gasteiger charge is -2.07. The molecule has 0 bridgehead atoms. The molecule has 0 aliphatic carbocycles. The van der Waals surface area contributed by atoms with E-state index in [9.17, 15) is 9.59 Å². The molecule has 1 N–H and O–H groups in total. The summed E-state index contributed by atoms with van der Waals surface area (Å²) in [4.78, 5) is 25.7. The number of rotatable bonds is 3. The second kappa shape index (κ2) is 4.72. The maximum Gasteiger partial charge on any atom is 0.248 e. The molecule has 17 heavy (non-hydrogen) atoms. The number of H-pyrrole nitrogens is 1. The Kier molecular flexibility index (Phi) is 3.29. The van der Waals surface area contributed by atoms with Crippen LogP contribution in [0.3, 0.4) is 0 Å². The maximum atomic E-state index is 11.6. The molecular weight excluding hydrogens is 238 g/mol. The van der Waals surface area contributed by atoms with E-state index in [0.29, 0.717) is 5.56 Å². The van der Waals surface area contributed by atoms with Crippen LogP contribution >= 0.6 is 11.6 Å². The Morgan fingerprint density at radius 2 is 2.12 bits per heavy atom. The number of ketones is 1. The van der Waals surface area contributed by atoms with E-state index in [2.05, 4.69) is 4.98 Å². The molecule has 0 aliphatic rings. The number of carbonyl (C=O) groups excluding carboxylic acids is 1. The average Bonchev–Trinajstić information content (AvgIpc) is 2.36. The minimum absolute atomic E-state index is 0.0297. The highest BCUT2D eigenvalue weighted by atomic mass is 35.5. The lowest BCUT2D eigenvalue weighted by Crippen LogP contribution is -2.07. The maximum absolute atomic E-state index is 11.6. The molecule has 0 atom stereocenters. The zero-order valence-electron chi connectivity index (χ0n) is 9.42. The molecular formula is C13H12ClNO2. The van der Waals surface area contributed by atoms with Crippen LogP contribution in [-0.2, 0) is 6.42 Å². The first-order chi connectivity index (χ1) is 8.15. The number of hydrogen-bond acceptors (Lipinski definition) is 2. The van der Waals surface area contributed by atoms with Crippen molar-refractivity contribution in [2.45, 2.75) is 13.3 Å². The largest absolute Gasteiger partial charge is 0.322 e. The molecule has 1 aromatic heterocycles.